The van der Waals surface area contributed by atoms with Gasteiger partial charge in [-0.3, -0.25) is 9.78 Å². The van der Waals surface area contributed by atoms with Crippen LogP contribution in [0.25, 0.3) is 0 Å². The molecule has 2 aromatic rings. The van der Waals surface area contributed by atoms with Gasteiger partial charge >= 0.3 is 0 Å². The Labute approximate surface area is 123 Å². The zero-order valence-electron chi connectivity index (χ0n) is 10.5. The lowest BCUT2D eigenvalue weighted by molar-refractivity contribution is 0.102. The van der Waals surface area contributed by atoms with Crippen molar-refractivity contribution in [3.8, 4) is 0 Å². The van der Waals surface area contributed by atoms with E-state index in [0.717, 1.165) is 11.4 Å². The number of hydrogen-bond acceptors (Lipinski definition) is 3. The van der Waals surface area contributed by atoms with Crippen LogP contribution in [0.5, 0.6) is 0 Å². The second-order valence-corrected chi connectivity index (χ2v) is 4.98. The summed E-state index contributed by atoms with van der Waals surface area (Å²) < 4.78 is 0. The Morgan fingerprint density at radius 2 is 1.79 bits per heavy atom. The van der Waals surface area contributed by atoms with Crippen LogP contribution in [0.3, 0.4) is 0 Å². The van der Waals surface area contributed by atoms with Crippen LogP contribution in [-0.2, 0) is 0 Å². The van der Waals surface area contributed by atoms with Gasteiger partial charge < -0.3 is 5.32 Å². The van der Waals surface area contributed by atoms with Crippen LogP contribution >= 0.6 is 24.2 Å². The van der Waals surface area contributed by atoms with Crippen molar-refractivity contribution in [2.24, 2.45) is 0 Å². The third kappa shape index (κ3) is 4.58. The summed E-state index contributed by atoms with van der Waals surface area (Å²) in [5.41, 5.74) is 1.41. The number of thioether (sulfide) groups is 1. The molecule has 19 heavy (non-hydrogen) atoms. The van der Waals surface area contributed by atoms with E-state index >= 15 is 0 Å². The van der Waals surface area contributed by atoms with Crippen molar-refractivity contribution in [2.75, 3.05) is 11.1 Å². The highest BCUT2D eigenvalue weighted by Crippen LogP contribution is 2.20. The van der Waals surface area contributed by atoms with Crippen LogP contribution in [0.1, 0.15) is 17.3 Å². The normalized spacial score (nSPS) is 9.53. The molecule has 0 unspecified atom stereocenters. The zero-order valence-corrected chi connectivity index (χ0v) is 12.1. The van der Waals surface area contributed by atoms with E-state index in [0.29, 0.717) is 5.56 Å². The van der Waals surface area contributed by atoms with Gasteiger partial charge in [-0.25, -0.2) is 0 Å². The molecule has 1 aromatic heterocycles. The van der Waals surface area contributed by atoms with Crippen LogP contribution < -0.4 is 5.32 Å². The second-order valence-electron chi connectivity index (χ2n) is 3.65. The maximum absolute atomic E-state index is 11.9. The highest BCUT2D eigenvalue weighted by molar-refractivity contribution is 7.99. The highest BCUT2D eigenvalue weighted by Gasteiger charge is 2.04. The largest absolute Gasteiger partial charge is 0.322 e. The molecule has 0 fully saturated rings. The van der Waals surface area contributed by atoms with Crippen molar-refractivity contribution in [1.82, 2.24) is 4.98 Å². The van der Waals surface area contributed by atoms with Gasteiger partial charge in [0.2, 0.25) is 0 Å². The van der Waals surface area contributed by atoms with Crippen LogP contribution in [0.15, 0.2) is 53.7 Å². The molecule has 3 nitrogen and oxygen atoms in total. The van der Waals surface area contributed by atoms with Crippen molar-refractivity contribution in [1.29, 1.82) is 0 Å². The van der Waals surface area contributed by atoms with Gasteiger partial charge in [-0.1, -0.05) is 6.92 Å². The third-order valence-corrected chi connectivity index (χ3v) is 3.26. The van der Waals surface area contributed by atoms with E-state index in [4.69, 9.17) is 0 Å². The van der Waals surface area contributed by atoms with Crippen LogP contribution in [0.2, 0.25) is 0 Å². The predicted molar refractivity (Wildman–Crippen MR) is 82.3 cm³/mol. The van der Waals surface area contributed by atoms with Crippen LogP contribution in [0, 0.1) is 0 Å². The number of amides is 1. The number of nitrogens with zero attached hydrogens (tertiary/aromatic N) is 1. The van der Waals surface area contributed by atoms with Gasteiger partial charge in [-0.15, -0.1) is 24.2 Å². The number of rotatable bonds is 4. The van der Waals surface area contributed by atoms with E-state index in [1.165, 1.54) is 4.90 Å². The molecule has 1 heterocycles. The van der Waals surface area contributed by atoms with Crippen molar-refractivity contribution in [3.05, 3.63) is 54.4 Å². The quantitative estimate of drug-likeness (QED) is 0.871. The van der Waals surface area contributed by atoms with Gasteiger partial charge in [0.15, 0.2) is 0 Å². The molecule has 0 spiro atoms. The number of anilines is 1. The molecule has 0 radical (unpaired) electrons. The summed E-state index contributed by atoms with van der Waals surface area (Å²) >= 11 is 1.78. The first kappa shape index (κ1) is 15.5. The molecule has 1 N–H and O–H groups in total. The molecule has 0 aliphatic carbocycles. The summed E-state index contributed by atoms with van der Waals surface area (Å²) in [6.45, 7) is 2.11. The molecule has 0 aliphatic rings. The number of benzene rings is 1. The maximum atomic E-state index is 11.9. The summed E-state index contributed by atoms with van der Waals surface area (Å²) in [5.74, 6) is 0.927. The number of nitrogens with one attached hydrogen (secondary N) is 1. The number of carbonyl (C=O) groups is 1. The second kappa shape index (κ2) is 7.81. The van der Waals surface area contributed by atoms with Crippen molar-refractivity contribution in [2.45, 2.75) is 11.8 Å². The standard InChI is InChI=1S/C14H14N2OS.ClH/c1-2-18-13-5-3-12(4-6-13)16-14(17)11-7-9-15-10-8-11;/h3-10H,2H2,1H3,(H,16,17);1H. The molecule has 1 aromatic carbocycles. The fraction of sp³-hybridized carbons (Fsp3) is 0.143. The lowest BCUT2D eigenvalue weighted by Crippen LogP contribution is -2.11. The number of hydrogen-bond donors (Lipinski definition) is 1. The average molecular weight is 295 g/mol. The van der Waals surface area contributed by atoms with Gasteiger partial charge in [0.05, 0.1) is 0 Å². The summed E-state index contributed by atoms with van der Waals surface area (Å²) in [6, 6.07) is 11.2. The molecule has 5 heteroatoms. The molecule has 2 rings (SSSR count). The summed E-state index contributed by atoms with van der Waals surface area (Å²) in [4.78, 5) is 17.0. The summed E-state index contributed by atoms with van der Waals surface area (Å²) in [5, 5.41) is 2.85. The Kier molecular flexibility index (Phi) is 6.39. The monoisotopic (exact) mass is 294 g/mol. The van der Waals surface area contributed by atoms with Crippen LogP contribution in [0.4, 0.5) is 5.69 Å². The SMILES string of the molecule is CCSc1ccc(NC(=O)c2ccncc2)cc1.Cl. The minimum Gasteiger partial charge on any atom is -0.322 e. The fourth-order valence-electron chi connectivity index (χ4n) is 1.51. The Morgan fingerprint density at radius 3 is 2.37 bits per heavy atom. The molecule has 0 aliphatic heterocycles. The van der Waals surface area contributed by atoms with E-state index in [1.807, 2.05) is 24.3 Å². The molecule has 0 atom stereocenters. The topological polar surface area (TPSA) is 42.0 Å². The van der Waals surface area contributed by atoms with Gasteiger partial charge in [-0.2, -0.15) is 0 Å². The van der Waals surface area contributed by atoms with Crippen molar-refractivity contribution < 1.29 is 4.79 Å². The van der Waals surface area contributed by atoms with Gasteiger partial charge in [-0.05, 0) is 42.2 Å². The minimum absolute atomic E-state index is 0. The predicted octanol–water partition coefficient (Wildman–Crippen LogP) is 3.87. The first-order chi connectivity index (χ1) is 8.79. The van der Waals surface area contributed by atoms with Crippen molar-refractivity contribution in [3.63, 3.8) is 0 Å². The van der Waals surface area contributed by atoms with Crippen LogP contribution in [-0.4, -0.2) is 16.6 Å². The summed E-state index contributed by atoms with van der Waals surface area (Å²) in [7, 11) is 0. The highest BCUT2D eigenvalue weighted by atomic mass is 35.5. The number of halogens is 1. The molecule has 0 bridgehead atoms. The van der Waals surface area contributed by atoms with Gasteiger partial charge in [0.1, 0.15) is 0 Å². The number of aromatic nitrogens is 1. The zero-order chi connectivity index (χ0) is 12.8. The molecular weight excluding hydrogens is 280 g/mol. The lowest BCUT2D eigenvalue weighted by Gasteiger charge is -2.05. The maximum Gasteiger partial charge on any atom is 0.255 e. The Bertz CT molecular complexity index is 517. The minimum atomic E-state index is -0.117. The first-order valence-electron chi connectivity index (χ1n) is 5.74. The fourth-order valence-corrected chi connectivity index (χ4v) is 2.17. The Balaban J connectivity index is 0.00000180. The average Bonchev–Trinajstić information content (AvgIpc) is 2.42. The molecular formula is C14H15ClN2OS. The van der Waals surface area contributed by atoms with Crippen molar-refractivity contribution >= 4 is 35.8 Å². The van der Waals surface area contributed by atoms with E-state index in [-0.39, 0.29) is 18.3 Å². The molecule has 1 amide bonds. The smallest absolute Gasteiger partial charge is 0.255 e. The van der Waals surface area contributed by atoms with Gasteiger partial charge in [0.25, 0.3) is 5.91 Å². The number of pyridine rings is 1. The summed E-state index contributed by atoms with van der Waals surface area (Å²) in [6.07, 6.45) is 3.21. The molecule has 100 valence electrons. The van der Waals surface area contributed by atoms with E-state index in [1.54, 1.807) is 36.3 Å². The van der Waals surface area contributed by atoms with Gasteiger partial charge in [0, 0.05) is 28.5 Å². The number of carbonyl (C=O) groups excluding carboxylic acids is 1. The Hall–Kier alpha value is -1.52. The van der Waals surface area contributed by atoms with E-state index in [2.05, 4.69) is 17.2 Å². The molecule has 0 saturated carbocycles. The van der Waals surface area contributed by atoms with E-state index in [9.17, 15) is 4.79 Å². The Morgan fingerprint density at radius 1 is 1.16 bits per heavy atom. The third-order valence-electron chi connectivity index (χ3n) is 2.37. The lowest BCUT2D eigenvalue weighted by atomic mass is 10.2. The van der Waals surface area contributed by atoms with E-state index < -0.39 is 0 Å². The molecule has 0 saturated heterocycles. The first-order valence-corrected chi connectivity index (χ1v) is 6.72.